The smallest absolute Gasteiger partial charge is 0.110 e. The summed E-state index contributed by atoms with van der Waals surface area (Å²) in [5.41, 5.74) is 1.90. The molecule has 4 aliphatic rings. The van der Waals surface area contributed by atoms with Crippen molar-refractivity contribution < 1.29 is 5.11 Å². The monoisotopic (exact) mass is 411 g/mol. The molecule has 0 aromatic heterocycles. The highest BCUT2D eigenvalue weighted by molar-refractivity contribution is 5.15. The third-order valence-electron chi connectivity index (χ3n) is 8.84. The molecule has 30 heavy (non-hydrogen) atoms. The number of nitrogens with zero attached hydrogens (tertiary/aromatic N) is 3. The standard InChI is InChI=1S/C26H41N3O/c30-25(29-19-17-28(18-20-29)23-9-5-2-6-10-23)24-21-26(24)12-15-27(16-13-26)14-11-22-7-3-1-4-8-22/h1,3-4,7-8,23-25,30H,2,5-6,9-21H2. The lowest BCUT2D eigenvalue weighted by atomic mass is 9.90. The van der Waals surface area contributed by atoms with Crippen molar-refractivity contribution in [3.8, 4) is 0 Å². The van der Waals surface area contributed by atoms with Gasteiger partial charge in [-0.25, -0.2) is 0 Å². The maximum Gasteiger partial charge on any atom is 0.110 e. The molecular weight excluding hydrogens is 370 g/mol. The lowest BCUT2D eigenvalue weighted by molar-refractivity contribution is -0.0576. The Morgan fingerprint density at radius 3 is 2.30 bits per heavy atom. The Kier molecular flexibility index (Phi) is 6.47. The second-order valence-corrected chi connectivity index (χ2v) is 10.5. The maximum absolute atomic E-state index is 11.1. The van der Waals surface area contributed by atoms with Gasteiger partial charge in [-0.3, -0.25) is 9.80 Å². The Hall–Kier alpha value is -0.940. The van der Waals surface area contributed by atoms with Gasteiger partial charge >= 0.3 is 0 Å². The molecule has 2 heterocycles. The van der Waals surface area contributed by atoms with Crippen LogP contribution in [0.15, 0.2) is 30.3 Å². The van der Waals surface area contributed by atoms with E-state index >= 15 is 0 Å². The van der Waals surface area contributed by atoms with Crippen molar-refractivity contribution in [1.82, 2.24) is 14.7 Å². The molecule has 4 fully saturated rings. The van der Waals surface area contributed by atoms with Crippen LogP contribution in [0.3, 0.4) is 0 Å². The number of piperidine rings is 1. The molecule has 4 nitrogen and oxygen atoms in total. The minimum Gasteiger partial charge on any atom is -0.378 e. The molecule has 2 unspecified atom stereocenters. The molecule has 2 atom stereocenters. The second kappa shape index (κ2) is 9.28. The van der Waals surface area contributed by atoms with E-state index in [2.05, 4.69) is 45.0 Å². The molecule has 1 N–H and O–H groups in total. The summed E-state index contributed by atoms with van der Waals surface area (Å²) in [6, 6.07) is 11.7. The molecule has 2 aliphatic heterocycles. The predicted octanol–water partition coefficient (Wildman–Crippen LogP) is 3.60. The maximum atomic E-state index is 11.1. The van der Waals surface area contributed by atoms with E-state index < -0.39 is 0 Å². The van der Waals surface area contributed by atoms with Gasteiger partial charge in [-0.2, -0.15) is 0 Å². The normalized spacial score (nSPS) is 29.8. The topological polar surface area (TPSA) is 30.0 Å². The molecule has 1 spiro atoms. The SMILES string of the molecule is OC(C1CC12CCN(CCc1ccccc1)CC2)N1CCN(C2CCCCC2)CC1. The van der Waals surface area contributed by atoms with Gasteiger partial charge in [-0.1, -0.05) is 49.6 Å². The van der Waals surface area contributed by atoms with E-state index in [1.807, 2.05) is 0 Å². The van der Waals surface area contributed by atoms with E-state index in [-0.39, 0.29) is 6.23 Å². The van der Waals surface area contributed by atoms with Crippen LogP contribution in [-0.2, 0) is 6.42 Å². The van der Waals surface area contributed by atoms with Crippen LogP contribution in [0.2, 0.25) is 0 Å². The van der Waals surface area contributed by atoms with Gasteiger partial charge in [-0.15, -0.1) is 0 Å². The summed E-state index contributed by atoms with van der Waals surface area (Å²) in [5.74, 6) is 0.523. The van der Waals surface area contributed by atoms with Crippen molar-refractivity contribution in [2.75, 3.05) is 45.8 Å². The first-order valence-electron chi connectivity index (χ1n) is 12.7. The Balaban J connectivity index is 1.05. The van der Waals surface area contributed by atoms with Crippen LogP contribution in [0.4, 0.5) is 0 Å². The number of aliphatic hydroxyl groups excluding tert-OH is 1. The van der Waals surface area contributed by atoms with Gasteiger partial charge in [0.25, 0.3) is 0 Å². The third kappa shape index (κ3) is 4.62. The molecule has 166 valence electrons. The molecule has 2 aliphatic carbocycles. The van der Waals surface area contributed by atoms with Crippen molar-refractivity contribution in [1.29, 1.82) is 0 Å². The Labute approximate surface area is 183 Å². The molecule has 2 saturated heterocycles. The zero-order valence-electron chi connectivity index (χ0n) is 18.7. The van der Waals surface area contributed by atoms with Crippen LogP contribution < -0.4 is 0 Å². The average Bonchev–Trinajstić information content (AvgIpc) is 3.53. The number of likely N-dealkylation sites (tertiary alicyclic amines) is 1. The molecule has 0 radical (unpaired) electrons. The summed E-state index contributed by atoms with van der Waals surface area (Å²) in [7, 11) is 0. The van der Waals surface area contributed by atoms with Gasteiger partial charge in [0.2, 0.25) is 0 Å². The van der Waals surface area contributed by atoms with Gasteiger partial charge < -0.3 is 10.0 Å². The average molecular weight is 412 g/mol. The van der Waals surface area contributed by atoms with Crippen molar-refractivity contribution in [3.05, 3.63) is 35.9 Å². The van der Waals surface area contributed by atoms with E-state index in [4.69, 9.17) is 0 Å². The quantitative estimate of drug-likeness (QED) is 0.775. The zero-order chi connectivity index (χ0) is 20.4. The molecule has 1 aromatic rings. The number of rotatable bonds is 6. The van der Waals surface area contributed by atoms with E-state index in [1.165, 1.54) is 76.6 Å². The minimum atomic E-state index is -0.200. The van der Waals surface area contributed by atoms with Crippen LogP contribution in [0.5, 0.6) is 0 Å². The van der Waals surface area contributed by atoms with Gasteiger partial charge in [0.15, 0.2) is 0 Å². The highest BCUT2D eigenvalue weighted by Crippen LogP contribution is 2.61. The van der Waals surface area contributed by atoms with Crippen LogP contribution in [-0.4, -0.2) is 77.9 Å². The summed E-state index contributed by atoms with van der Waals surface area (Å²) < 4.78 is 0. The van der Waals surface area contributed by atoms with E-state index in [0.717, 1.165) is 38.6 Å². The summed E-state index contributed by atoms with van der Waals surface area (Å²) in [5, 5.41) is 11.1. The van der Waals surface area contributed by atoms with Crippen LogP contribution >= 0.6 is 0 Å². The fourth-order valence-corrected chi connectivity index (χ4v) is 6.60. The number of hydrogen-bond donors (Lipinski definition) is 1. The molecule has 1 aromatic carbocycles. The second-order valence-electron chi connectivity index (χ2n) is 10.5. The minimum absolute atomic E-state index is 0.200. The number of hydrogen-bond acceptors (Lipinski definition) is 4. The van der Waals surface area contributed by atoms with Crippen molar-refractivity contribution in [2.45, 2.75) is 70.1 Å². The van der Waals surface area contributed by atoms with Gasteiger partial charge in [-0.05, 0) is 62.6 Å². The van der Waals surface area contributed by atoms with Crippen molar-refractivity contribution in [3.63, 3.8) is 0 Å². The Bertz CT molecular complexity index is 658. The molecule has 0 amide bonds. The number of benzene rings is 1. The van der Waals surface area contributed by atoms with E-state index in [0.29, 0.717) is 11.3 Å². The van der Waals surface area contributed by atoms with Crippen LogP contribution in [0.1, 0.15) is 56.9 Å². The first kappa shape index (κ1) is 20.9. The van der Waals surface area contributed by atoms with Crippen molar-refractivity contribution in [2.24, 2.45) is 11.3 Å². The number of aliphatic hydroxyl groups is 1. The van der Waals surface area contributed by atoms with Crippen LogP contribution in [0, 0.1) is 11.3 Å². The van der Waals surface area contributed by atoms with Crippen LogP contribution in [0.25, 0.3) is 0 Å². The highest BCUT2D eigenvalue weighted by Gasteiger charge is 2.58. The van der Waals surface area contributed by atoms with Gasteiger partial charge in [0.05, 0.1) is 0 Å². The molecule has 0 bridgehead atoms. The molecular formula is C26H41N3O. The molecule has 4 heteroatoms. The first-order chi connectivity index (χ1) is 14.7. The largest absolute Gasteiger partial charge is 0.378 e. The van der Waals surface area contributed by atoms with E-state index in [1.54, 1.807) is 0 Å². The lowest BCUT2D eigenvalue weighted by Crippen LogP contribution is -2.54. The highest BCUT2D eigenvalue weighted by atomic mass is 16.3. The molecule has 2 saturated carbocycles. The van der Waals surface area contributed by atoms with Gasteiger partial charge in [0, 0.05) is 44.7 Å². The fourth-order valence-electron chi connectivity index (χ4n) is 6.60. The zero-order valence-corrected chi connectivity index (χ0v) is 18.7. The Morgan fingerprint density at radius 2 is 1.60 bits per heavy atom. The summed E-state index contributed by atoms with van der Waals surface area (Å²) in [6.45, 7) is 8.05. The fraction of sp³-hybridized carbons (Fsp3) is 0.769. The predicted molar refractivity (Wildman–Crippen MR) is 122 cm³/mol. The van der Waals surface area contributed by atoms with Crippen molar-refractivity contribution >= 4 is 0 Å². The Morgan fingerprint density at radius 1 is 0.900 bits per heavy atom. The van der Waals surface area contributed by atoms with Gasteiger partial charge in [0.1, 0.15) is 6.23 Å². The number of piperazine rings is 1. The molecule has 5 rings (SSSR count). The first-order valence-corrected chi connectivity index (χ1v) is 12.7. The third-order valence-corrected chi connectivity index (χ3v) is 8.84. The lowest BCUT2D eigenvalue weighted by Gasteiger charge is -2.43. The summed E-state index contributed by atoms with van der Waals surface area (Å²) in [6.07, 6.45) is 11.8. The summed E-state index contributed by atoms with van der Waals surface area (Å²) >= 11 is 0. The summed E-state index contributed by atoms with van der Waals surface area (Å²) in [4.78, 5) is 7.76. The van der Waals surface area contributed by atoms with E-state index in [9.17, 15) is 5.11 Å².